The van der Waals surface area contributed by atoms with Crippen LogP contribution in [-0.2, 0) is 30.7 Å². The highest BCUT2D eigenvalue weighted by molar-refractivity contribution is 7.92. The number of piperidine rings is 1. The average molecular weight is 488 g/mol. The van der Waals surface area contributed by atoms with Crippen LogP contribution in [0.3, 0.4) is 0 Å². The number of sulfone groups is 1. The number of rotatable bonds is 8. The molecule has 0 saturated carbocycles. The summed E-state index contributed by atoms with van der Waals surface area (Å²) in [5.41, 5.74) is 0.837. The van der Waals surface area contributed by atoms with Gasteiger partial charge in [-0.1, -0.05) is 22.9 Å². The van der Waals surface area contributed by atoms with Crippen LogP contribution in [-0.4, -0.2) is 67.5 Å². The monoisotopic (exact) mass is 487 g/mol. The Hall–Kier alpha value is -1.75. The summed E-state index contributed by atoms with van der Waals surface area (Å²) in [5.74, 6) is -2.71. The lowest BCUT2D eigenvalue weighted by molar-refractivity contribution is -0.129. The molecule has 31 heavy (non-hydrogen) atoms. The molecule has 1 fully saturated rings. The predicted molar refractivity (Wildman–Crippen MR) is 121 cm³/mol. The number of aromatic nitrogens is 1. The van der Waals surface area contributed by atoms with E-state index >= 15 is 0 Å². The van der Waals surface area contributed by atoms with Crippen molar-refractivity contribution in [2.45, 2.75) is 32.7 Å². The Morgan fingerprint density at radius 3 is 2.65 bits per heavy atom. The van der Waals surface area contributed by atoms with E-state index in [4.69, 9.17) is 16.3 Å². The molecule has 1 aliphatic rings. The van der Waals surface area contributed by atoms with Gasteiger partial charge in [-0.25, -0.2) is 8.42 Å². The van der Waals surface area contributed by atoms with Gasteiger partial charge in [0.25, 0.3) is 5.91 Å². The minimum absolute atomic E-state index is 0.375. The molecule has 2 aromatic rings. The fraction of sp³-hybridized carbons (Fsp3) is 0.550. The van der Waals surface area contributed by atoms with Crippen LogP contribution in [0.5, 0.6) is 0 Å². The zero-order chi connectivity index (χ0) is 22.4. The van der Waals surface area contributed by atoms with Crippen molar-refractivity contribution in [2.75, 3.05) is 37.8 Å². The molecule has 11 heteroatoms. The fourth-order valence-corrected chi connectivity index (χ4v) is 5.90. The number of ether oxygens (including phenoxy) is 1. The molecule has 0 aliphatic carbocycles. The van der Waals surface area contributed by atoms with Crippen LogP contribution in [0.25, 0.3) is 10.2 Å². The first-order valence-corrected chi connectivity index (χ1v) is 13.2. The van der Waals surface area contributed by atoms with Gasteiger partial charge in [0, 0.05) is 31.3 Å². The fourth-order valence-electron chi connectivity index (χ4n) is 3.45. The molecule has 170 valence electrons. The summed E-state index contributed by atoms with van der Waals surface area (Å²) in [6, 6.07) is 5.35. The van der Waals surface area contributed by atoms with E-state index in [-0.39, 0.29) is 0 Å². The highest BCUT2D eigenvalue weighted by atomic mass is 35.5. The second-order valence-electron chi connectivity index (χ2n) is 7.32. The smallest absolute Gasteiger partial charge is 0.263 e. The van der Waals surface area contributed by atoms with E-state index in [2.05, 4.69) is 4.99 Å². The van der Waals surface area contributed by atoms with Crippen molar-refractivity contribution in [2.24, 2.45) is 4.99 Å². The standard InChI is InChI=1S/C20H26ClN3O5S2/c1-2-29-11-10-24-16-7-6-15(21)12-17(16)30-20(24)22-18(25)13-31(27,28)14-19(26)23-8-4-3-5-9-23/h6-7,12H,2-5,8-11,13-14H2,1H3. The molecule has 1 saturated heterocycles. The van der Waals surface area contributed by atoms with Gasteiger partial charge in [0.1, 0.15) is 11.5 Å². The third-order valence-electron chi connectivity index (χ3n) is 4.92. The van der Waals surface area contributed by atoms with E-state index in [9.17, 15) is 18.0 Å². The van der Waals surface area contributed by atoms with Gasteiger partial charge in [-0.3, -0.25) is 9.59 Å². The number of likely N-dealkylation sites (tertiary alicyclic amines) is 1. The minimum atomic E-state index is -3.90. The Morgan fingerprint density at radius 1 is 1.19 bits per heavy atom. The van der Waals surface area contributed by atoms with E-state index in [0.717, 1.165) is 29.5 Å². The average Bonchev–Trinajstić information content (AvgIpc) is 3.03. The maximum absolute atomic E-state index is 12.5. The van der Waals surface area contributed by atoms with Crippen molar-refractivity contribution in [1.29, 1.82) is 0 Å². The Balaban J connectivity index is 1.78. The number of hydrogen-bond acceptors (Lipinski definition) is 6. The maximum atomic E-state index is 12.5. The summed E-state index contributed by atoms with van der Waals surface area (Å²) in [5, 5.41) is 0.558. The molecule has 0 radical (unpaired) electrons. The Kier molecular flexibility index (Phi) is 8.26. The molecule has 0 N–H and O–H groups in total. The molecule has 1 aromatic heterocycles. The topological polar surface area (TPSA) is 98.0 Å². The van der Waals surface area contributed by atoms with Gasteiger partial charge in [-0.15, -0.1) is 0 Å². The maximum Gasteiger partial charge on any atom is 0.263 e. The van der Waals surface area contributed by atoms with E-state index in [1.165, 1.54) is 11.3 Å². The van der Waals surface area contributed by atoms with Crippen LogP contribution < -0.4 is 4.80 Å². The zero-order valence-corrected chi connectivity index (χ0v) is 19.8. The summed E-state index contributed by atoms with van der Waals surface area (Å²) < 4.78 is 32.9. The van der Waals surface area contributed by atoms with E-state index < -0.39 is 33.2 Å². The number of carbonyl (C=O) groups excluding carboxylic acids is 2. The van der Waals surface area contributed by atoms with Crippen LogP contribution in [0.15, 0.2) is 23.2 Å². The van der Waals surface area contributed by atoms with Gasteiger partial charge >= 0.3 is 0 Å². The molecule has 3 rings (SSSR count). The molecule has 8 nitrogen and oxygen atoms in total. The summed E-state index contributed by atoms with van der Waals surface area (Å²) in [4.78, 5) is 30.7. The normalized spacial score (nSPS) is 15.5. The lowest BCUT2D eigenvalue weighted by Crippen LogP contribution is -2.40. The SMILES string of the molecule is CCOCCn1c(=NC(=O)CS(=O)(=O)CC(=O)N2CCCCC2)sc2cc(Cl)ccc21. The lowest BCUT2D eigenvalue weighted by Gasteiger charge is -2.26. The number of fused-ring (bicyclic) bond motifs is 1. The van der Waals surface area contributed by atoms with Crippen molar-refractivity contribution in [1.82, 2.24) is 9.47 Å². The van der Waals surface area contributed by atoms with Crippen molar-refractivity contribution >= 4 is 54.8 Å². The highest BCUT2D eigenvalue weighted by Gasteiger charge is 2.25. The molecule has 2 amide bonds. The molecule has 2 heterocycles. The molecule has 1 aromatic carbocycles. The molecular formula is C20H26ClN3O5S2. The van der Waals surface area contributed by atoms with Crippen molar-refractivity contribution < 1.29 is 22.7 Å². The van der Waals surface area contributed by atoms with Crippen LogP contribution in [0.4, 0.5) is 0 Å². The van der Waals surface area contributed by atoms with E-state index in [1.54, 1.807) is 17.0 Å². The van der Waals surface area contributed by atoms with Crippen LogP contribution >= 0.6 is 22.9 Å². The third kappa shape index (κ3) is 6.61. The molecule has 0 spiro atoms. The van der Waals surface area contributed by atoms with Crippen LogP contribution in [0.1, 0.15) is 26.2 Å². The molecule has 0 unspecified atom stereocenters. The third-order valence-corrected chi connectivity index (χ3v) is 7.57. The summed E-state index contributed by atoms with van der Waals surface area (Å²) in [7, 11) is -3.90. The number of carbonyl (C=O) groups is 2. The number of halogens is 1. The molecule has 0 atom stereocenters. The second kappa shape index (κ2) is 10.7. The Bertz CT molecular complexity index is 1120. The van der Waals surface area contributed by atoms with Crippen LogP contribution in [0.2, 0.25) is 5.02 Å². The molecule has 0 bridgehead atoms. The number of amides is 2. The molecular weight excluding hydrogens is 462 g/mol. The summed E-state index contributed by atoms with van der Waals surface area (Å²) in [6.45, 7) is 4.47. The first-order chi connectivity index (χ1) is 14.8. The number of thiazole rings is 1. The Morgan fingerprint density at radius 2 is 1.94 bits per heavy atom. The number of benzene rings is 1. The number of nitrogens with zero attached hydrogens (tertiary/aromatic N) is 3. The highest BCUT2D eigenvalue weighted by Crippen LogP contribution is 2.22. The van der Waals surface area contributed by atoms with Gasteiger partial charge in [0.05, 0.1) is 16.8 Å². The summed E-state index contributed by atoms with van der Waals surface area (Å²) in [6.07, 6.45) is 2.78. The van der Waals surface area contributed by atoms with Gasteiger partial charge in [-0.2, -0.15) is 4.99 Å². The summed E-state index contributed by atoms with van der Waals surface area (Å²) >= 11 is 7.32. The van der Waals surface area contributed by atoms with Gasteiger partial charge in [0.2, 0.25) is 5.91 Å². The predicted octanol–water partition coefficient (Wildman–Crippen LogP) is 2.25. The minimum Gasteiger partial charge on any atom is -0.380 e. The van der Waals surface area contributed by atoms with E-state index in [0.29, 0.717) is 42.7 Å². The first-order valence-electron chi connectivity index (χ1n) is 10.2. The van der Waals surface area contributed by atoms with Gasteiger partial charge in [-0.05, 0) is 44.4 Å². The van der Waals surface area contributed by atoms with Crippen molar-refractivity contribution in [3.05, 3.63) is 28.0 Å². The molecule has 1 aliphatic heterocycles. The van der Waals surface area contributed by atoms with Crippen molar-refractivity contribution in [3.63, 3.8) is 0 Å². The number of hydrogen-bond donors (Lipinski definition) is 0. The first kappa shape index (κ1) is 23.9. The van der Waals surface area contributed by atoms with Gasteiger partial charge < -0.3 is 14.2 Å². The van der Waals surface area contributed by atoms with Gasteiger partial charge in [0.15, 0.2) is 14.6 Å². The van der Waals surface area contributed by atoms with E-state index in [1.807, 2.05) is 17.6 Å². The Labute approximate surface area is 190 Å². The quantitative estimate of drug-likeness (QED) is 0.532. The van der Waals surface area contributed by atoms with Crippen LogP contribution in [0, 0.1) is 0 Å². The largest absolute Gasteiger partial charge is 0.380 e. The second-order valence-corrected chi connectivity index (χ2v) is 10.8. The lowest BCUT2D eigenvalue weighted by atomic mass is 10.1. The zero-order valence-electron chi connectivity index (χ0n) is 17.4. The van der Waals surface area contributed by atoms with Crippen molar-refractivity contribution in [3.8, 4) is 0 Å².